The van der Waals surface area contributed by atoms with Gasteiger partial charge in [-0.15, -0.1) is 0 Å². The van der Waals surface area contributed by atoms with Crippen LogP contribution in [-0.2, 0) is 19.4 Å². The van der Waals surface area contributed by atoms with Crippen LogP contribution in [0.4, 0.5) is 11.4 Å². The quantitative estimate of drug-likeness (QED) is 0.340. The molecule has 0 aliphatic carbocycles. The van der Waals surface area contributed by atoms with E-state index in [-0.39, 0.29) is 0 Å². The van der Waals surface area contributed by atoms with E-state index in [2.05, 4.69) is 120 Å². The van der Waals surface area contributed by atoms with Crippen LogP contribution < -0.4 is 4.90 Å². The van der Waals surface area contributed by atoms with E-state index in [1.54, 1.807) is 0 Å². The topological polar surface area (TPSA) is 3.24 Å². The van der Waals surface area contributed by atoms with Gasteiger partial charge in [-0.2, -0.15) is 0 Å². The average Bonchev–Trinajstić information content (AvgIpc) is 2.69. The zero-order valence-electron chi connectivity index (χ0n) is 15.7. The number of benzene rings is 3. The van der Waals surface area contributed by atoms with E-state index in [4.69, 9.17) is 0 Å². The normalized spacial score (nSPS) is 11.6. The van der Waals surface area contributed by atoms with Crippen LogP contribution in [0.25, 0.3) is 5.57 Å². The molecule has 0 heterocycles. The standard InChI is InChI=1S/C25H23N.W/c1-4-10-23(22-13-8-11-20(2)17-22)19-26(24-14-6-5-7-15-24)25-16-9-12-21(3)18-25;/h1,4-19H,2-3H3;. The Hall–Kier alpha value is -2.50. The molecule has 0 atom stereocenters. The van der Waals surface area contributed by atoms with E-state index in [1.807, 2.05) is 0 Å². The van der Waals surface area contributed by atoms with Crippen LogP contribution in [0.2, 0.25) is 0 Å². The Morgan fingerprint density at radius 3 is 2.11 bits per heavy atom. The van der Waals surface area contributed by atoms with Gasteiger partial charge in [0, 0.05) is 0 Å². The van der Waals surface area contributed by atoms with Gasteiger partial charge >= 0.3 is 173 Å². The Labute approximate surface area is 173 Å². The molecule has 0 amide bonds. The third-order valence-corrected chi connectivity index (χ3v) is 4.85. The van der Waals surface area contributed by atoms with Gasteiger partial charge < -0.3 is 0 Å². The Balaban J connectivity index is 2.16. The first-order valence-corrected chi connectivity index (χ1v) is 10.7. The molecule has 0 saturated carbocycles. The van der Waals surface area contributed by atoms with Crippen LogP contribution in [0.15, 0.2) is 97.2 Å². The van der Waals surface area contributed by atoms with Crippen molar-refractivity contribution in [1.82, 2.24) is 0 Å². The molecule has 3 aromatic carbocycles. The predicted molar refractivity (Wildman–Crippen MR) is 114 cm³/mol. The molecule has 1 nitrogen and oxygen atoms in total. The maximum atomic E-state index is 2.26. The van der Waals surface area contributed by atoms with Gasteiger partial charge in [-0.1, -0.05) is 0 Å². The Kier molecular flexibility index (Phi) is 6.73. The molecule has 0 N–H and O–H groups in total. The van der Waals surface area contributed by atoms with Crippen LogP contribution in [0, 0.1) is 13.8 Å². The summed E-state index contributed by atoms with van der Waals surface area (Å²) in [5.41, 5.74) is 7.22. The molecule has 0 unspecified atom stereocenters. The second kappa shape index (κ2) is 9.44. The number of rotatable bonds is 6. The zero-order chi connectivity index (χ0) is 19.1. The number of hydrogen-bond acceptors (Lipinski definition) is 1. The van der Waals surface area contributed by atoms with Gasteiger partial charge in [0.15, 0.2) is 0 Å². The van der Waals surface area contributed by atoms with Crippen LogP contribution >= 0.6 is 0 Å². The van der Waals surface area contributed by atoms with Crippen molar-refractivity contribution in [2.24, 2.45) is 0 Å². The van der Waals surface area contributed by atoms with Crippen LogP contribution in [0.1, 0.15) is 16.7 Å². The first kappa shape index (κ1) is 19.3. The van der Waals surface area contributed by atoms with Gasteiger partial charge in [0.05, 0.1) is 0 Å². The SMILES string of the molecule is Cc1cccc(C(C=C[CH]=[W])=CN(c2ccccc2)c2cccc(C)c2)c1. The third-order valence-electron chi connectivity index (χ3n) is 4.29. The predicted octanol–water partition coefficient (Wildman–Crippen LogP) is 6.39. The number of para-hydroxylation sites is 1. The molecule has 0 bridgehead atoms. The van der Waals surface area contributed by atoms with Gasteiger partial charge in [0.2, 0.25) is 0 Å². The van der Waals surface area contributed by atoms with E-state index in [1.165, 1.54) is 41.6 Å². The van der Waals surface area contributed by atoms with Gasteiger partial charge in [-0.3, -0.25) is 0 Å². The van der Waals surface area contributed by atoms with E-state index in [0.717, 1.165) is 11.4 Å². The maximum absolute atomic E-state index is 2.26. The Bertz CT molecular complexity index is 970. The summed E-state index contributed by atoms with van der Waals surface area (Å²) in [4.78, 5) is 2.26. The monoisotopic (exact) mass is 521 g/mol. The van der Waals surface area contributed by atoms with Gasteiger partial charge in [-0.05, 0) is 0 Å². The van der Waals surface area contributed by atoms with E-state index < -0.39 is 0 Å². The number of allylic oxidation sites excluding steroid dienone is 3. The molecular formula is C25H23NW. The molecule has 3 rings (SSSR count). The first-order valence-electron chi connectivity index (χ1n) is 8.99. The minimum absolute atomic E-state index is 1.15. The van der Waals surface area contributed by atoms with Crippen molar-refractivity contribution < 1.29 is 19.4 Å². The van der Waals surface area contributed by atoms with Gasteiger partial charge in [0.1, 0.15) is 0 Å². The fourth-order valence-corrected chi connectivity index (χ4v) is 3.27. The fourth-order valence-electron chi connectivity index (χ4n) is 2.99. The first-order chi connectivity index (χ1) is 13.2. The Morgan fingerprint density at radius 2 is 1.44 bits per heavy atom. The molecule has 2 heteroatoms. The molecule has 0 saturated heterocycles. The summed E-state index contributed by atoms with van der Waals surface area (Å²) in [6, 6.07) is 27.8. The zero-order valence-corrected chi connectivity index (χ0v) is 18.6. The van der Waals surface area contributed by atoms with Crippen molar-refractivity contribution in [2.75, 3.05) is 4.90 Å². The summed E-state index contributed by atoms with van der Waals surface area (Å²) < 4.78 is 2.14. The number of nitrogens with zero attached hydrogens (tertiary/aromatic N) is 1. The molecule has 0 radical (unpaired) electrons. The fraction of sp³-hybridized carbons (Fsp3) is 0.0800. The van der Waals surface area contributed by atoms with Crippen molar-refractivity contribution >= 4 is 21.3 Å². The molecule has 0 spiro atoms. The molecular weight excluding hydrogens is 498 g/mol. The van der Waals surface area contributed by atoms with Crippen molar-refractivity contribution in [3.05, 3.63) is 114 Å². The average molecular weight is 521 g/mol. The third kappa shape index (κ3) is 5.25. The van der Waals surface area contributed by atoms with Crippen molar-refractivity contribution in [2.45, 2.75) is 13.8 Å². The molecule has 0 fully saturated rings. The summed E-state index contributed by atoms with van der Waals surface area (Å²) in [6.45, 7) is 4.27. The van der Waals surface area contributed by atoms with Crippen molar-refractivity contribution in [1.29, 1.82) is 0 Å². The van der Waals surface area contributed by atoms with Crippen LogP contribution in [-0.4, -0.2) is 4.40 Å². The summed E-state index contributed by atoms with van der Waals surface area (Å²) in [6.07, 6.45) is 6.55. The van der Waals surface area contributed by atoms with E-state index in [0.29, 0.717) is 0 Å². The molecule has 27 heavy (non-hydrogen) atoms. The molecule has 0 aliphatic heterocycles. The molecule has 3 aromatic rings. The number of hydrogen-bond donors (Lipinski definition) is 0. The molecule has 0 aliphatic rings. The Morgan fingerprint density at radius 1 is 0.778 bits per heavy atom. The summed E-state index contributed by atoms with van der Waals surface area (Å²) >= 11 is 1.45. The minimum atomic E-state index is 1.15. The molecule has 0 aromatic heterocycles. The number of anilines is 2. The van der Waals surface area contributed by atoms with Gasteiger partial charge in [0.25, 0.3) is 0 Å². The number of aryl methyl sites for hydroxylation is 2. The van der Waals surface area contributed by atoms with Crippen molar-refractivity contribution in [3.8, 4) is 0 Å². The molecule has 134 valence electrons. The van der Waals surface area contributed by atoms with Crippen LogP contribution in [0.3, 0.4) is 0 Å². The van der Waals surface area contributed by atoms with E-state index in [9.17, 15) is 0 Å². The summed E-state index contributed by atoms with van der Waals surface area (Å²) in [5, 5.41) is 0. The van der Waals surface area contributed by atoms with Crippen LogP contribution in [0.5, 0.6) is 0 Å². The second-order valence-corrected chi connectivity index (χ2v) is 7.47. The second-order valence-electron chi connectivity index (χ2n) is 6.49. The summed E-state index contributed by atoms with van der Waals surface area (Å²) in [5.74, 6) is 0. The van der Waals surface area contributed by atoms with E-state index >= 15 is 0 Å². The van der Waals surface area contributed by atoms with Crippen molar-refractivity contribution in [3.63, 3.8) is 0 Å². The van der Waals surface area contributed by atoms with Gasteiger partial charge in [-0.25, -0.2) is 0 Å². The summed E-state index contributed by atoms with van der Waals surface area (Å²) in [7, 11) is 0.